The molecule has 3 N–H and O–H groups in total. The number of hydrogen-bond acceptors (Lipinski definition) is 4. The largest absolute Gasteiger partial charge is 0.348 e. The van der Waals surface area contributed by atoms with E-state index in [0.717, 1.165) is 35.1 Å². The van der Waals surface area contributed by atoms with Gasteiger partial charge in [-0.05, 0) is 50.4 Å². The lowest BCUT2D eigenvalue weighted by Gasteiger charge is -2.31. The third kappa shape index (κ3) is 3.52. The highest BCUT2D eigenvalue weighted by atomic mass is 79.9. The van der Waals surface area contributed by atoms with Crippen LogP contribution in [0.4, 0.5) is 0 Å². The summed E-state index contributed by atoms with van der Waals surface area (Å²) in [5.74, 6) is 0.183. The number of rotatable bonds is 4. The number of benzene rings is 1. The average molecular weight is 392 g/mol. The summed E-state index contributed by atoms with van der Waals surface area (Å²) in [7, 11) is 0. The molecule has 7 heteroatoms. The number of halogens is 1. The lowest BCUT2D eigenvalue weighted by molar-refractivity contribution is 0.0902. The minimum Gasteiger partial charge on any atom is -0.348 e. The van der Waals surface area contributed by atoms with Gasteiger partial charge in [0.2, 0.25) is 0 Å². The van der Waals surface area contributed by atoms with Crippen molar-refractivity contribution in [3.05, 3.63) is 40.1 Å². The van der Waals surface area contributed by atoms with Crippen molar-refractivity contribution < 1.29 is 4.79 Å². The summed E-state index contributed by atoms with van der Waals surface area (Å²) < 4.78 is 2.63. The summed E-state index contributed by atoms with van der Waals surface area (Å²) in [6.07, 6.45) is 4.37. The zero-order valence-electron chi connectivity index (χ0n) is 13.7. The zero-order chi connectivity index (χ0) is 17.1. The van der Waals surface area contributed by atoms with Crippen LogP contribution in [0.25, 0.3) is 5.69 Å². The predicted molar refractivity (Wildman–Crippen MR) is 96.1 cm³/mol. The lowest BCUT2D eigenvalue weighted by Crippen LogP contribution is -2.45. The normalized spacial score (nSPS) is 20.8. The molecule has 1 aliphatic rings. The van der Waals surface area contributed by atoms with Gasteiger partial charge in [-0.1, -0.05) is 40.1 Å². The number of hydrogen-bond donors (Lipinski definition) is 2. The summed E-state index contributed by atoms with van der Waals surface area (Å²) >= 11 is 3.45. The Morgan fingerprint density at radius 2 is 2.21 bits per heavy atom. The van der Waals surface area contributed by atoms with Crippen molar-refractivity contribution in [1.29, 1.82) is 0 Å². The van der Waals surface area contributed by atoms with E-state index >= 15 is 0 Å². The molecule has 1 saturated carbocycles. The summed E-state index contributed by atoms with van der Waals surface area (Å²) in [5.41, 5.74) is 7.81. The van der Waals surface area contributed by atoms with Gasteiger partial charge in [-0.3, -0.25) is 4.79 Å². The standard InChI is InChI=1S/C17H22BrN5O/c1-11-16(17(24)20-15-8-3-2-5-12(15)10-19)21-22-23(11)14-7-4-6-13(18)9-14/h4,6-7,9,12,15H,2-3,5,8,10,19H2,1H3,(H,20,24). The number of nitrogens with one attached hydrogen (secondary N) is 1. The van der Waals surface area contributed by atoms with Crippen molar-refractivity contribution in [1.82, 2.24) is 20.3 Å². The molecular weight excluding hydrogens is 370 g/mol. The van der Waals surface area contributed by atoms with Gasteiger partial charge in [0.15, 0.2) is 5.69 Å². The van der Waals surface area contributed by atoms with Gasteiger partial charge in [-0.25, -0.2) is 4.68 Å². The second kappa shape index (κ2) is 7.44. The highest BCUT2D eigenvalue weighted by Crippen LogP contribution is 2.24. The molecule has 1 fully saturated rings. The molecule has 0 radical (unpaired) electrons. The molecule has 0 aliphatic heterocycles. The van der Waals surface area contributed by atoms with Gasteiger partial charge in [-0.15, -0.1) is 5.10 Å². The smallest absolute Gasteiger partial charge is 0.273 e. The number of carbonyl (C=O) groups is 1. The average Bonchev–Trinajstić information content (AvgIpc) is 2.97. The van der Waals surface area contributed by atoms with Crippen LogP contribution in [0.5, 0.6) is 0 Å². The van der Waals surface area contributed by atoms with Gasteiger partial charge in [0, 0.05) is 10.5 Å². The Kier molecular flexibility index (Phi) is 5.30. The van der Waals surface area contributed by atoms with Gasteiger partial charge < -0.3 is 11.1 Å². The van der Waals surface area contributed by atoms with Crippen LogP contribution in [-0.4, -0.2) is 33.5 Å². The molecular formula is C17H22BrN5O. The number of amides is 1. The van der Waals surface area contributed by atoms with E-state index in [-0.39, 0.29) is 11.9 Å². The Bertz CT molecular complexity index is 730. The van der Waals surface area contributed by atoms with E-state index in [9.17, 15) is 4.79 Å². The predicted octanol–water partition coefficient (Wildman–Crippen LogP) is 2.59. The van der Waals surface area contributed by atoms with Gasteiger partial charge in [0.25, 0.3) is 5.91 Å². The summed E-state index contributed by atoms with van der Waals surface area (Å²) in [4.78, 5) is 12.6. The minimum atomic E-state index is -0.168. The zero-order valence-corrected chi connectivity index (χ0v) is 15.3. The molecule has 1 amide bonds. The Morgan fingerprint density at radius 1 is 1.42 bits per heavy atom. The van der Waals surface area contributed by atoms with E-state index in [4.69, 9.17) is 5.73 Å². The van der Waals surface area contributed by atoms with Crippen molar-refractivity contribution >= 4 is 21.8 Å². The Balaban J connectivity index is 1.79. The second-order valence-electron chi connectivity index (χ2n) is 6.28. The summed E-state index contributed by atoms with van der Waals surface area (Å²) in [6.45, 7) is 2.46. The SMILES string of the molecule is Cc1c(C(=O)NC2CCCCC2CN)nnn1-c1cccc(Br)c1. The van der Waals surface area contributed by atoms with Crippen LogP contribution >= 0.6 is 15.9 Å². The quantitative estimate of drug-likeness (QED) is 0.838. The van der Waals surface area contributed by atoms with E-state index in [1.54, 1.807) is 4.68 Å². The number of carbonyl (C=O) groups excluding carboxylic acids is 1. The minimum absolute atomic E-state index is 0.131. The van der Waals surface area contributed by atoms with E-state index in [2.05, 4.69) is 31.6 Å². The van der Waals surface area contributed by atoms with Crippen LogP contribution in [0, 0.1) is 12.8 Å². The van der Waals surface area contributed by atoms with Gasteiger partial charge in [0.1, 0.15) is 0 Å². The molecule has 1 aromatic heterocycles. The van der Waals surface area contributed by atoms with Crippen molar-refractivity contribution in [2.75, 3.05) is 6.54 Å². The number of nitrogens with zero attached hydrogens (tertiary/aromatic N) is 3. The number of aromatic nitrogens is 3. The summed E-state index contributed by atoms with van der Waals surface area (Å²) in [6, 6.07) is 7.87. The van der Waals surface area contributed by atoms with Crippen molar-refractivity contribution in [2.45, 2.75) is 38.6 Å². The molecule has 0 bridgehead atoms. The molecule has 1 aliphatic carbocycles. The molecule has 1 aromatic carbocycles. The highest BCUT2D eigenvalue weighted by Gasteiger charge is 2.27. The first-order valence-corrected chi connectivity index (χ1v) is 9.08. The second-order valence-corrected chi connectivity index (χ2v) is 7.19. The molecule has 0 spiro atoms. The molecule has 3 rings (SSSR count). The fraction of sp³-hybridized carbons (Fsp3) is 0.471. The van der Waals surface area contributed by atoms with Crippen LogP contribution in [0.1, 0.15) is 41.9 Å². The van der Waals surface area contributed by atoms with Crippen LogP contribution < -0.4 is 11.1 Å². The molecule has 0 saturated heterocycles. The molecule has 2 atom stereocenters. The Hall–Kier alpha value is -1.73. The summed E-state index contributed by atoms with van der Waals surface area (Å²) in [5, 5.41) is 11.3. The molecule has 128 valence electrons. The van der Waals surface area contributed by atoms with Crippen molar-refractivity contribution in [3.63, 3.8) is 0 Å². The topological polar surface area (TPSA) is 85.8 Å². The molecule has 2 aromatic rings. The van der Waals surface area contributed by atoms with E-state index < -0.39 is 0 Å². The third-order valence-corrected chi connectivity index (χ3v) is 5.18. The van der Waals surface area contributed by atoms with Crippen molar-refractivity contribution in [2.24, 2.45) is 11.7 Å². The lowest BCUT2D eigenvalue weighted by atomic mass is 9.84. The first-order valence-electron chi connectivity index (χ1n) is 8.29. The fourth-order valence-electron chi connectivity index (χ4n) is 3.31. The van der Waals surface area contributed by atoms with Crippen LogP contribution in [0.15, 0.2) is 28.7 Å². The van der Waals surface area contributed by atoms with Crippen LogP contribution in [0.3, 0.4) is 0 Å². The van der Waals surface area contributed by atoms with Gasteiger partial charge in [0.05, 0.1) is 11.4 Å². The Morgan fingerprint density at radius 3 is 2.96 bits per heavy atom. The maximum atomic E-state index is 12.6. The molecule has 24 heavy (non-hydrogen) atoms. The van der Waals surface area contributed by atoms with E-state index in [1.807, 2.05) is 31.2 Å². The molecule has 2 unspecified atom stereocenters. The van der Waals surface area contributed by atoms with Crippen molar-refractivity contribution in [3.8, 4) is 5.69 Å². The van der Waals surface area contributed by atoms with E-state index in [1.165, 1.54) is 6.42 Å². The van der Waals surface area contributed by atoms with Gasteiger partial charge >= 0.3 is 0 Å². The fourth-order valence-corrected chi connectivity index (χ4v) is 3.70. The maximum Gasteiger partial charge on any atom is 0.273 e. The highest BCUT2D eigenvalue weighted by molar-refractivity contribution is 9.10. The first kappa shape index (κ1) is 17.1. The molecule has 6 nitrogen and oxygen atoms in total. The first-order chi connectivity index (χ1) is 11.6. The van der Waals surface area contributed by atoms with Crippen LogP contribution in [0.2, 0.25) is 0 Å². The van der Waals surface area contributed by atoms with Gasteiger partial charge in [-0.2, -0.15) is 0 Å². The van der Waals surface area contributed by atoms with E-state index in [0.29, 0.717) is 18.2 Å². The number of nitrogens with two attached hydrogens (primary N) is 1. The monoisotopic (exact) mass is 391 g/mol. The third-order valence-electron chi connectivity index (χ3n) is 4.69. The molecule has 1 heterocycles. The maximum absolute atomic E-state index is 12.6. The van der Waals surface area contributed by atoms with Crippen LogP contribution in [-0.2, 0) is 0 Å². The Labute approximate surface area is 149 Å².